The minimum Gasteiger partial charge on any atom is -0.351 e. The number of aryl methyl sites for hydroxylation is 1. The molecule has 96 valence electrons. The molecule has 1 N–H and O–H groups in total. The first-order chi connectivity index (χ1) is 8.40. The van der Waals surface area contributed by atoms with Crippen molar-refractivity contribution in [3.63, 3.8) is 0 Å². The number of nitro groups is 1. The summed E-state index contributed by atoms with van der Waals surface area (Å²) < 4.78 is 1.27. The Morgan fingerprint density at radius 3 is 2.67 bits per heavy atom. The fraction of sp³-hybridized carbons (Fsp3) is 0.444. The maximum atomic E-state index is 11.6. The number of nitrogens with one attached hydrogen (secondary N) is 1. The number of likely N-dealkylation sites (N-methyl/N-ethyl adjacent to an activating group) is 1. The third-order valence-corrected chi connectivity index (χ3v) is 2.70. The van der Waals surface area contributed by atoms with E-state index >= 15 is 0 Å². The van der Waals surface area contributed by atoms with Crippen molar-refractivity contribution >= 4 is 23.3 Å². The topological polar surface area (TPSA) is 110 Å². The SMILES string of the molecule is CN1C(=O)CC(Nc2nn(C)cc2[N+](=O)[O-])C1=O. The van der Waals surface area contributed by atoms with Crippen LogP contribution < -0.4 is 5.32 Å². The summed E-state index contributed by atoms with van der Waals surface area (Å²) in [5.41, 5.74) is -0.229. The van der Waals surface area contributed by atoms with Gasteiger partial charge in [-0.25, -0.2) is 0 Å². The van der Waals surface area contributed by atoms with Crippen molar-refractivity contribution < 1.29 is 14.5 Å². The lowest BCUT2D eigenvalue weighted by molar-refractivity contribution is -0.384. The van der Waals surface area contributed by atoms with Crippen LogP contribution >= 0.6 is 0 Å². The number of likely N-dealkylation sites (tertiary alicyclic amines) is 1. The zero-order valence-corrected chi connectivity index (χ0v) is 9.78. The Morgan fingerprint density at radius 1 is 1.50 bits per heavy atom. The molecule has 0 spiro atoms. The summed E-state index contributed by atoms with van der Waals surface area (Å²) in [4.78, 5) is 34.1. The number of amides is 2. The molecule has 1 saturated heterocycles. The number of imide groups is 1. The first-order valence-electron chi connectivity index (χ1n) is 5.15. The van der Waals surface area contributed by atoms with E-state index in [0.29, 0.717) is 0 Å². The van der Waals surface area contributed by atoms with Gasteiger partial charge in [-0.15, -0.1) is 5.10 Å². The first kappa shape index (κ1) is 12.0. The molecule has 2 rings (SSSR count). The predicted octanol–water partition coefficient (Wildman–Crippen LogP) is -0.503. The van der Waals surface area contributed by atoms with Crippen LogP contribution in [0.3, 0.4) is 0 Å². The van der Waals surface area contributed by atoms with Crippen LogP contribution in [0.15, 0.2) is 6.20 Å². The van der Waals surface area contributed by atoms with Crippen molar-refractivity contribution in [3.8, 4) is 0 Å². The smallest absolute Gasteiger partial charge is 0.330 e. The van der Waals surface area contributed by atoms with Gasteiger partial charge in [0.1, 0.15) is 12.2 Å². The van der Waals surface area contributed by atoms with E-state index in [0.717, 1.165) is 4.90 Å². The number of hydrogen-bond acceptors (Lipinski definition) is 6. The maximum Gasteiger partial charge on any atom is 0.330 e. The summed E-state index contributed by atoms with van der Waals surface area (Å²) in [6, 6.07) is -0.795. The zero-order valence-electron chi connectivity index (χ0n) is 9.78. The molecule has 1 aliphatic rings. The van der Waals surface area contributed by atoms with Crippen LogP contribution in [-0.2, 0) is 16.6 Å². The number of carbonyl (C=O) groups excluding carboxylic acids is 2. The van der Waals surface area contributed by atoms with Crippen LogP contribution in [0.1, 0.15) is 6.42 Å². The Labute approximate surface area is 102 Å². The second kappa shape index (κ2) is 4.09. The van der Waals surface area contributed by atoms with Crippen LogP contribution in [-0.4, -0.2) is 44.5 Å². The number of hydrogen-bond donors (Lipinski definition) is 1. The molecule has 1 aliphatic heterocycles. The van der Waals surface area contributed by atoms with Gasteiger partial charge in [0.25, 0.3) is 5.91 Å². The van der Waals surface area contributed by atoms with E-state index in [-0.39, 0.29) is 23.8 Å². The van der Waals surface area contributed by atoms with E-state index in [9.17, 15) is 19.7 Å². The van der Waals surface area contributed by atoms with Gasteiger partial charge in [0.15, 0.2) is 0 Å². The second-order valence-electron chi connectivity index (χ2n) is 3.99. The molecule has 9 nitrogen and oxygen atoms in total. The molecule has 2 amide bonds. The van der Waals surface area contributed by atoms with Crippen molar-refractivity contribution in [2.75, 3.05) is 12.4 Å². The molecule has 1 fully saturated rings. The average molecular weight is 253 g/mol. The number of nitrogens with zero attached hydrogens (tertiary/aromatic N) is 4. The summed E-state index contributed by atoms with van der Waals surface area (Å²) in [6.07, 6.45) is 1.20. The number of rotatable bonds is 3. The molecule has 0 radical (unpaired) electrons. The summed E-state index contributed by atoms with van der Waals surface area (Å²) in [5, 5.41) is 17.3. The third-order valence-electron chi connectivity index (χ3n) is 2.70. The highest BCUT2D eigenvalue weighted by molar-refractivity contribution is 6.06. The van der Waals surface area contributed by atoms with Gasteiger partial charge in [-0.05, 0) is 0 Å². The average Bonchev–Trinajstić information content (AvgIpc) is 2.76. The quantitative estimate of drug-likeness (QED) is 0.441. The Morgan fingerprint density at radius 2 is 2.17 bits per heavy atom. The highest BCUT2D eigenvalue weighted by atomic mass is 16.6. The number of aromatic nitrogens is 2. The normalized spacial score (nSPS) is 19.4. The zero-order chi connectivity index (χ0) is 13.4. The van der Waals surface area contributed by atoms with Crippen molar-refractivity contribution in [2.24, 2.45) is 7.05 Å². The molecular weight excluding hydrogens is 242 g/mol. The van der Waals surface area contributed by atoms with Crippen molar-refractivity contribution in [3.05, 3.63) is 16.3 Å². The lowest BCUT2D eigenvalue weighted by Crippen LogP contribution is -2.32. The van der Waals surface area contributed by atoms with Gasteiger partial charge in [-0.1, -0.05) is 0 Å². The molecule has 0 saturated carbocycles. The molecule has 1 unspecified atom stereocenters. The van der Waals surface area contributed by atoms with Crippen molar-refractivity contribution in [1.29, 1.82) is 0 Å². The van der Waals surface area contributed by atoms with Gasteiger partial charge < -0.3 is 5.32 Å². The van der Waals surface area contributed by atoms with Crippen molar-refractivity contribution in [1.82, 2.24) is 14.7 Å². The third kappa shape index (κ3) is 1.90. The Balaban J connectivity index is 2.23. The van der Waals surface area contributed by atoms with E-state index < -0.39 is 16.9 Å². The second-order valence-corrected chi connectivity index (χ2v) is 3.99. The lowest BCUT2D eigenvalue weighted by atomic mass is 10.2. The van der Waals surface area contributed by atoms with E-state index in [1.807, 2.05) is 0 Å². The van der Waals surface area contributed by atoms with Crippen LogP contribution in [0.2, 0.25) is 0 Å². The molecule has 18 heavy (non-hydrogen) atoms. The molecular formula is C9H11N5O4. The van der Waals surface area contributed by atoms with Crippen LogP contribution in [0.5, 0.6) is 0 Å². The lowest BCUT2D eigenvalue weighted by Gasteiger charge is -2.09. The standard InChI is InChI=1S/C9H11N5O4/c1-12-4-6(14(17)18)8(11-12)10-5-3-7(15)13(2)9(5)16/h4-5H,3H2,1-2H3,(H,10,11). The summed E-state index contributed by atoms with van der Waals surface area (Å²) >= 11 is 0. The molecule has 0 bridgehead atoms. The van der Waals surface area contributed by atoms with Crippen LogP contribution in [0.4, 0.5) is 11.5 Å². The minimum atomic E-state index is -0.795. The predicted molar refractivity (Wildman–Crippen MR) is 59.7 cm³/mol. The van der Waals surface area contributed by atoms with E-state index in [1.54, 1.807) is 0 Å². The Hall–Kier alpha value is -2.45. The summed E-state index contributed by atoms with van der Waals surface area (Å²) in [6.45, 7) is 0. The van der Waals surface area contributed by atoms with Gasteiger partial charge in [-0.2, -0.15) is 0 Å². The molecule has 2 heterocycles. The van der Waals surface area contributed by atoms with Gasteiger partial charge in [0.2, 0.25) is 11.7 Å². The Kier molecular flexibility index (Phi) is 2.73. The maximum absolute atomic E-state index is 11.6. The van der Waals surface area contributed by atoms with E-state index in [1.165, 1.54) is 25.0 Å². The van der Waals surface area contributed by atoms with E-state index in [4.69, 9.17) is 0 Å². The molecule has 1 aromatic heterocycles. The van der Waals surface area contributed by atoms with Gasteiger partial charge in [0.05, 0.1) is 11.3 Å². The van der Waals surface area contributed by atoms with Crippen LogP contribution in [0.25, 0.3) is 0 Å². The monoisotopic (exact) mass is 253 g/mol. The molecule has 1 atom stereocenters. The number of carbonyl (C=O) groups is 2. The molecule has 1 aromatic rings. The highest BCUT2D eigenvalue weighted by Gasteiger charge is 2.37. The molecule has 0 aromatic carbocycles. The Bertz CT molecular complexity index is 537. The largest absolute Gasteiger partial charge is 0.351 e. The fourth-order valence-electron chi connectivity index (χ4n) is 1.75. The van der Waals surface area contributed by atoms with Gasteiger partial charge >= 0.3 is 5.69 Å². The molecule has 0 aliphatic carbocycles. The summed E-state index contributed by atoms with van der Waals surface area (Å²) in [7, 11) is 2.91. The van der Waals surface area contributed by atoms with Crippen molar-refractivity contribution in [2.45, 2.75) is 12.5 Å². The molecule has 9 heteroatoms. The van der Waals surface area contributed by atoms with Gasteiger partial charge in [-0.3, -0.25) is 29.3 Å². The van der Waals surface area contributed by atoms with Crippen LogP contribution in [0, 0.1) is 10.1 Å². The minimum absolute atomic E-state index is 0.0102. The summed E-state index contributed by atoms with van der Waals surface area (Å²) in [5.74, 6) is -0.750. The fourth-order valence-corrected chi connectivity index (χ4v) is 1.75. The highest BCUT2D eigenvalue weighted by Crippen LogP contribution is 2.24. The van der Waals surface area contributed by atoms with E-state index in [2.05, 4.69) is 10.4 Å². The van der Waals surface area contributed by atoms with Gasteiger partial charge in [0, 0.05) is 14.1 Å². The number of anilines is 1. The first-order valence-corrected chi connectivity index (χ1v) is 5.15.